The average Bonchev–Trinajstić information content (AvgIpc) is 2.87. The fourth-order valence-electron chi connectivity index (χ4n) is 2.72. The Kier molecular flexibility index (Phi) is 5.99. The summed E-state index contributed by atoms with van der Waals surface area (Å²) in [6, 6.07) is -1.70. The smallest absolute Gasteiger partial charge is 0.407 e. The number of hydrogen-bond acceptors (Lipinski definition) is 4. The van der Waals surface area contributed by atoms with Crippen molar-refractivity contribution in [2.45, 2.75) is 58.2 Å². The normalized spacial score (nSPS) is 23.0. The lowest BCUT2D eigenvalue weighted by Gasteiger charge is -2.33. The van der Waals surface area contributed by atoms with E-state index >= 15 is 0 Å². The fraction of sp³-hybridized carbons (Fsp3) is 0.786. The van der Waals surface area contributed by atoms with Crippen molar-refractivity contribution in [3.8, 4) is 0 Å². The van der Waals surface area contributed by atoms with E-state index in [4.69, 9.17) is 0 Å². The molecule has 0 unspecified atom stereocenters. The number of carbonyl (C=O) groups is 3. The first-order chi connectivity index (χ1) is 9.83. The van der Waals surface area contributed by atoms with E-state index in [1.54, 1.807) is 13.8 Å². The van der Waals surface area contributed by atoms with Gasteiger partial charge in [0, 0.05) is 6.04 Å². The first-order valence-corrected chi connectivity index (χ1v) is 7.22. The van der Waals surface area contributed by atoms with Gasteiger partial charge < -0.3 is 20.1 Å². The highest BCUT2D eigenvalue weighted by Gasteiger charge is 2.43. The van der Waals surface area contributed by atoms with E-state index in [-0.39, 0.29) is 17.9 Å². The van der Waals surface area contributed by atoms with Crippen molar-refractivity contribution in [1.29, 1.82) is 0 Å². The zero-order chi connectivity index (χ0) is 16.2. The average molecular weight is 300 g/mol. The topological polar surface area (TPSA) is 95.9 Å². The Balaban J connectivity index is 2.98. The van der Waals surface area contributed by atoms with Crippen LogP contribution in [0.3, 0.4) is 0 Å². The van der Waals surface area contributed by atoms with Crippen molar-refractivity contribution in [1.82, 2.24) is 10.2 Å². The molecule has 0 aromatic rings. The van der Waals surface area contributed by atoms with E-state index in [9.17, 15) is 19.5 Å². The molecular weight excluding hydrogens is 276 g/mol. The lowest BCUT2D eigenvalue weighted by Crippen LogP contribution is -2.55. The monoisotopic (exact) mass is 300 g/mol. The van der Waals surface area contributed by atoms with Gasteiger partial charge in [0.05, 0.1) is 7.11 Å². The summed E-state index contributed by atoms with van der Waals surface area (Å²) in [6.45, 7) is 5.52. The molecule has 120 valence electrons. The maximum absolute atomic E-state index is 12.7. The molecule has 1 fully saturated rings. The molecule has 2 amide bonds. The summed E-state index contributed by atoms with van der Waals surface area (Å²) in [5, 5.41) is 11.8. The Morgan fingerprint density at radius 3 is 2.38 bits per heavy atom. The number of carboxylic acids is 1. The molecule has 2 N–H and O–H groups in total. The van der Waals surface area contributed by atoms with Crippen molar-refractivity contribution in [2.24, 2.45) is 5.92 Å². The second-order valence-electron chi connectivity index (χ2n) is 5.60. The summed E-state index contributed by atoms with van der Waals surface area (Å²) in [4.78, 5) is 36.9. The van der Waals surface area contributed by atoms with Crippen molar-refractivity contribution in [2.75, 3.05) is 7.11 Å². The minimum atomic E-state index is -1.00. The number of likely N-dealkylation sites (tertiary alicyclic amines) is 1. The van der Waals surface area contributed by atoms with Crippen LogP contribution >= 0.6 is 0 Å². The third kappa shape index (κ3) is 3.86. The number of carboxylic acid groups (broad SMARTS) is 1. The van der Waals surface area contributed by atoms with Gasteiger partial charge in [-0.2, -0.15) is 0 Å². The highest BCUT2D eigenvalue weighted by Crippen LogP contribution is 2.28. The highest BCUT2D eigenvalue weighted by molar-refractivity contribution is 5.90. The van der Waals surface area contributed by atoms with Gasteiger partial charge in [-0.3, -0.25) is 4.79 Å². The quantitative estimate of drug-likeness (QED) is 0.796. The predicted octanol–water partition coefficient (Wildman–Crippen LogP) is 1.22. The number of aliphatic carboxylic acids is 1. The standard InChI is InChI=1S/C14H24N2O5/c1-5-9-6-7-10(13(18)19)16(9)12(17)11(8(2)3)15-14(20)21-4/h8-11H,5-7H2,1-4H3,(H,15,20)(H,18,19)/t9-,10-,11-/m0/s1. The van der Waals surface area contributed by atoms with Crippen LogP contribution in [0.15, 0.2) is 0 Å². The molecule has 3 atom stereocenters. The van der Waals surface area contributed by atoms with Crippen LogP contribution in [-0.2, 0) is 14.3 Å². The van der Waals surface area contributed by atoms with Crippen molar-refractivity contribution >= 4 is 18.0 Å². The first-order valence-electron chi connectivity index (χ1n) is 7.22. The Hall–Kier alpha value is -1.79. The fourth-order valence-corrected chi connectivity index (χ4v) is 2.72. The molecule has 0 saturated carbocycles. The predicted molar refractivity (Wildman–Crippen MR) is 75.7 cm³/mol. The molecule has 1 rings (SSSR count). The zero-order valence-electron chi connectivity index (χ0n) is 13.0. The largest absolute Gasteiger partial charge is 0.480 e. The lowest BCUT2D eigenvalue weighted by atomic mass is 10.0. The van der Waals surface area contributed by atoms with Gasteiger partial charge in [0.15, 0.2) is 0 Å². The zero-order valence-corrected chi connectivity index (χ0v) is 13.0. The van der Waals surface area contributed by atoms with Crippen LogP contribution in [0.1, 0.15) is 40.0 Å². The van der Waals surface area contributed by atoms with Crippen LogP contribution in [0, 0.1) is 5.92 Å². The summed E-state index contributed by atoms with van der Waals surface area (Å²) in [5.41, 5.74) is 0. The molecule has 0 aromatic carbocycles. The maximum Gasteiger partial charge on any atom is 0.407 e. The van der Waals surface area contributed by atoms with Crippen LogP contribution in [0.4, 0.5) is 4.79 Å². The molecule has 7 nitrogen and oxygen atoms in total. The molecule has 1 aliphatic heterocycles. The molecule has 0 aliphatic carbocycles. The number of nitrogens with zero attached hydrogens (tertiary/aromatic N) is 1. The van der Waals surface area contributed by atoms with Gasteiger partial charge in [-0.25, -0.2) is 9.59 Å². The molecule has 0 spiro atoms. The number of carbonyl (C=O) groups excluding carboxylic acids is 2. The van der Waals surface area contributed by atoms with Gasteiger partial charge in [-0.1, -0.05) is 20.8 Å². The van der Waals surface area contributed by atoms with Gasteiger partial charge in [0.1, 0.15) is 12.1 Å². The third-order valence-corrected chi connectivity index (χ3v) is 3.90. The number of alkyl carbamates (subject to hydrolysis) is 1. The highest BCUT2D eigenvalue weighted by atomic mass is 16.5. The molecule has 0 aromatic heterocycles. The lowest BCUT2D eigenvalue weighted by molar-refractivity contribution is -0.151. The van der Waals surface area contributed by atoms with Crippen LogP contribution < -0.4 is 5.32 Å². The van der Waals surface area contributed by atoms with E-state index in [1.165, 1.54) is 12.0 Å². The summed E-state index contributed by atoms with van der Waals surface area (Å²) in [6.07, 6.45) is 1.12. The number of ether oxygens (including phenoxy) is 1. The molecule has 7 heteroatoms. The van der Waals surface area contributed by atoms with Crippen molar-refractivity contribution < 1.29 is 24.2 Å². The van der Waals surface area contributed by atoms with Gasteiger partial charge in [0.2, 0.25) is 5.91 Å². The minimum absolute atomic E-state index is 0.0979. The van der Waals surface area contributed by atoms with E-state index < -0.39 is 24.1 Å². The molecule has 1 saturated heterocycles. The minimum Gasteiger partial charge on any atom is -0.480 e. The van der Waals surface area contributed by atoms with E-state index in [0.717, 1.165) is 0 Å². The second kappa shape index (κ2) is 7.28. The Morgan fingerprint density at radius 1 is 1.33 bits per heavy atom. The van der Waals surface area contributed by atoms with E-state index in [0.29, 0.717) is 19.3 Å². The summed E-state index contributed by atoms with van der Waals surface area (Å²) >= 11 is 0. The van der Waals surface area contributed by atoms with Gasteiger partial charge >= 0.3 is 12.1 Å². The Morgan fingerprint density at radius 2 is 1.95 bits per heavy atom. The summed E-state index contributed by atoms with van der Waals surface area (Å²) < 4.78 is 4.53. The van der Waals surface area contributed by atoms with Crippen LogP contribution in [0.2, 0.25) is 0 Å². The molecule has 0 bridgehead atoms. The third-order valence-electron chi connectivity index (χ3n) is 3.90. The number of hydrogen-bond donors (Lipinski definition) is 2. The number of methoxy groups -OCH3 is 1. The van der Waals surface area contributed by atoms with Crippen molar-refractivity contribution in [3.05, 3.63) is 0 Å². The van der Waals surface area contributed by atoms with Gasteiger partial charge in [-0.15, -0.1) is 0 Å². The number of amides is 2. The van der Waals surface area contributed by atoms with Gasteiger partial charge in [0.25, 0.3) is 0 Å². The number of nitrogens with one attached hydrogen (secondary N) is 1. The van der Waals surface area contributed by atoms with Crippen LogP contribution in [-0.4, -0.2) is 53.2 Å². The molecule has 21 heavy (non-hydrogen) atoms. The Labute approximate surface area is 124 Å². The number of rotatable bonds is 5. The van der Waals surface area contributed by atoms with Crippen molar-refractivity contribution in [3.63, 3.8) is 0 Å². The molecule has 1 aliphatic rings. The van der Waals surface area contributed by atoms with Gasteiger partial charge in [-0.05, 0) is 25.2 Å². The first kappa shape index (κ1) is 17.3. The summed E-state index contributed by atoms with van der Waals surface area (Å²) in [5.74, 6) is -1.52. The Bertz CT molecular complexity index is 410. The van der Waals surface area contributed by atoms with Crippen LogP contribution in [0.5, 0.6) is 0 Å². The second-order valence-corrected chi connectivity index (χ2v) is 5.60. The maximum atomic E-state index is 12.7. The SMILES string of the molecule is CC[C@H]1CC[C@@H](C(=O)O)N1C(=O)[C@@H](NC(=O)OC)C(C)C. The summed E-state index contributed by atoms with van der Waals surface area (Å²) in [7, 11) is 1.22. The van der Waals surface area contributed by atoms with E-state index in [2.05, 4.69) is 10.1 Å². The molecule has 1 heterocycles. The van der Waals surface area contributed by atoms with E-state index in [1.807, 2.05) is 6.92 Å². The molecule has 0 radical (unpaired) electrons. The van der Waals surface area contributed by atoms with Crippen LogP contribution in [0.25, 0.3) is 0 Å². The molecular formula is C14H24N2O5.